The topological polar surface area (TPSA) is 36.4 Å². The molecule has 0 radical (unpaired) electrons. The number of anilines is 1. The van der Waals surface area contributed by atoms with E-state index in [2.05, 4.69) is 25.3 Å². The molecule has 0 spiro atoms. The molecule has 0 aliphatic heterocycles. The summed E-state index contributed by atoms with van der Waals surface area (Å²) in [6, 6.07) is 17.9. The van der Waals surface area contributed by atoms with Crippen LogP contribution in [0.25, 0.3) is 11.3 Å². The summed E-state index contributed by atoms with van der Waals surface area (Å²) in [6.45, 7) is 11.5. The molecule has 0 fully saturated rings. The van der Waals surface area contributed by atoms with Gasteiger partial charge in [-0.15, -0.1) is 17.9 Å². The van der Waals surface area contributed by atoms with Gasteiger partial charge < -0.3 is 0 Å². The molecule has 0 atom stereocenters. The van der Waals surface area contributed by atoms with Crippen molar-refractivity contribution in [3.05, 3.63) is 83.8 Å². The van der Waals surface area contributed by atoms with Crippen LogP contribution in [0.15, 0.2) is 72.6 Å². The van der Waals surface area contributed by atoms with Gasteiger partial charge in [-0.25, -0.2) is 4.98 Å². The molecule has 29 heavy (non-hydrogen) atoms. The third-order valence-electron chi connectivity index (χ3n) is 4.85. The smallest absolute Gasteiger partial charge is 0.260 e. The average Bonchev–Trinajstić information content (AvgIpc) is 3.26. The van der Waals surface area contributed by atoms with Crippen LogP contribution in [0.1, 0.15) is 29.8 Å². The molecule has 3 aromatic rings. The Labute approximate surface area is 177 Å². The third kappa shape index (κ3) is 5.19. The highest BCUT2D eigenvalue weighted by Crippen LogP contribution is 2.28. The van der Waals surface area contributed by atoms with Crippen molar-refractivity contribution >= 4 is 22.4 Å². The predicted molar refractivity (Wildman–Crippen MR) is 122 cm³/mol. The SMILES string of the molecule is C=CCN(C(=O)c1ccc(CN(CC)CC)cc1)c1nc(-c2ccccc2)cs1. The van der Waals surface area contributed by atoms with E-state index < -0.39 is 0 Å². The van der Waals surface area contributed by atoms with Crippen molar-refractivity contribution in [1.29, 1.82) is 0 Å². The molecule has 5 heteroatoms. The van der Waals surface area contributed by atoms with Crippen LogP contribution in [-0.4, -0.2) is 35.4 Å². The Morgan fingerprint density at radius 1 is 1.07 bits per heavy atom. The second-order valence-electron chi connectivity index (χ2n) is 6.74. The van der Waals surface area contributed by atoms with Gasteiger partial charge in [-0.3, -0.25) is 14.6 Å². The lowest BCUT2D eigenvalue weighted by molar-refractivity contribution is 0.0989. The highest BCUT2D eigenvalue weighted by molar-refractivity contribution is 7.14. The zero-order valence-electron chi connectivity index (χ0n) is 17.0. The van der Waals surface area contributed by atoms with Crippen molar-refractivity contribution in [2.45, 2.75) is 20.4 Å². The van der Waals surface area contributed by atoms with Crippen molar-refractivity contribution in [2.24, 2.45) is 0 Å². The molecule has 0 aliphatic carbocycles. The number of aromatic nitrogens is 1. The minimum absolute atomic E-state index is 0.0618. The summed E-state index contributed by atoms with van der Waals surface area (Å²) in [5.74, 6) is -0.0618. The number of rotatable bonds is 9. The molecule has 0 saturated carbocycles. The van der Waals surface area contributed by atoms with E-state index in [1.54, 1.807) is 11.0 Å². The van der Waals surface area contributed by atoms with E-state index in [0.717, 1.165) is 30.9 Å². The summed E-state index contributed by atoms with van der Waals surface area (Å²) in [5, 5.41) is 2.67. The molecule has 0 aliphatic rings. The largest absolute Gasteiger partial charge is 0.300 e. The summed E-state index contributed by atoms with van der Waals surface area (Å²) in [7, 11) is 0. The highest BCUT2D eigenvalue weighted by Gasteiger charge is 2.20. The second kappa shape index (κ2) is 10.1. The van der Waals surface area contributed by atoms with Crippen LogP contribution in [0.2, 0.25) is 0 Å². The monoisotopic (exact) mass is 405 g/mol. The maximum absolute atomic E-state index is 13.2. The van der Waals surface area contributed by atoms with Crippen molar-refractivity contribution < 1.29 is 4.79 Å². The molecule has 1 heterocycles. The van der Waals surface area contributed by atoms with E-state index >= 15 is 0 Å². The zero-order valence-corrected chi connectivity index (χ0v) is 17.9. The van der Waals surface area contributed by atoms with Gasteiger partial charge in [-0.2, -0.15) is 0 Å². The van der Waals surface area contributed by atoms with Crippen LogP contribution in [-0.2, 0) is 6.54 Å². The Balaban J connectivity index is 1.79. The minimum atomic E-state index is -0.0618. The Kier molecular flexibility index (Phi) is 7.33. The number of hydrogen-bond acceptors (Lipinski definition) is 4. The molecule has 150 valence electrons. The highest BCUT2D eigenvalue weighted by atomic mass is 32.1. The van der Waals surface area contributed by atoms with Crippen molar-refractivity contribution in [2.75, 3.05) is 24.5 Å². The van der Waals surface area contributed by atoms with Crippen LogP contribution in [0.4, 0.5) is 5.13 Å². The van der Waals surface area contributed by atoms with E-state index in [4.69, 9.17) is 4.98 Å². The van der Waals surface area contributed by atoms with Crippen molar-refractivity contribution in [3.63, 3.8) is 0 Å². The zero-order chi connectivity index (χ0) is 20.6. The van der Waals surface area contributed by atoms with E-state index in [-0.39, 0.29) is 5.91 Å². The summed E-state index contributed by atoms with van der Waals surface area (Å²) in [6.07, 6.45) is 1.73. The van der Waals surface area contributed by atoms with Gasteiger partial charge in [-0.1, -0.05) is 62.4 Å². The molecule has 0 N–H and O–H groups in total. The Morgan fingerprint density at radius 3 is 2.38 bits per heavy atom. The lowest BCUT2D eigenvalue weighted by atomic mass is 10.1. The molecular formula is C24H27N3OS. The van der Waals surface area contributed by atoms with Crippen molar-refractivity contribution in [1.82, 2.24) is 9.88 Å². The molecule has 4 nitrogen and oxygen atoms in total. The standard InChI is InChI=1S/C24H27N3OS/c1-4-16-27(24-25-22(18-29-24)20-10-8-7-9-11-20)23(28)21-14-12-19(13-15-21)17-26(5-2)6-3/h4,7-15,18H,1,5-6,16-17H2,2-3H3. The van der Waals surface area contributed by atoms with E-state index in [0.29, 0.717) is 17.2 Å². The average molecular weight is 406 g/mol. The maximum Gasteiger partial charge on any atom is 0.260 e. The summed E-state index contributed by atoms with van der Waals surface area (Å²) >= 11 is 1.47. The van der Waals surface area contributed by atoms with Gasteiger partial charge >= 0.3 is 0 Å². The number of carbonyl (C=O) groups is 1. The molecule has 1 aromatic heterocycles. The van der Waals surface area contributed by atoms with E-state index in [1.807, 2.05) is 60.0 Å². The van der Waals surface area contributed by atoms with Gasteiger partial charge in [0.05, 0.1) is 5.69 Å². The van der Waals surface area contributed by atoms with Crippen LogP contribution in [0.3, 0.4) is 0 Å². The van der Waals surface area contributed by atoms with E-state index in [1.165, 1.54) is 16.9 Å². The first-order valence-corrected chi connectivity index (χ1v) is 10.8. The summed E-state index contributed by atoms with van der Waals surface area (Å²) in [4.78, 5) is 21.9. The van der Waals surface area contributed by atoms with Gasteiger partial charge in [-0.05, 0) is 30.8 Å². The number of nitrogens with zero attached hydrogens (tertiary/aromatic N) is 3. The van der Waals surface area contributed by atoms with Gasteiger partial charge in [0, 0.05) is 29.6 Å². The van der Waals surface area contributed by atoms with Crippen LogP contribution < -0.4 is 4.90 Å². The fraction of sp³-hybridized carbons (Fsp3) is 0.250. The Hall–Kier alpha value is -2.76. The van der Waals surface area contributed by atoms with Crippen LogP contribution in [0.5, 0.6) is 0 Å². The lowest BCUT2D eigenvalue weighted by Crippen LogP contribution is -2.31. The fourth-order valence-electron chi connectivity index (χ4n) is 3.12. The third-order valence-corrected chi connectivity index (χ3v) is 5.71. The second-order valence-corrected chi connectivity index (χ2v) is 7.58. The number of benzene rings is 2. The Bertz CT molecular complexity index is 930. The maximum atomic E-state index is 13.2. The molecule has 0 unspecified atom stereocenters. The summed E-state index contributed by atoms with van der Waals surface area (Å²) in [5.41, 5.74) is 3.79. The lowest BCUT2D eigenvalue weighted by Gasteiger charge is -2.20. The molecule has 3 rings (SSSR count). The predicted octanol–water partition coefficient (Wildman–Crippen LogP) is 5.48. The van der Waals surface area contributed by atoms with Gasteiger partial charge in [0.1, 0.15) is 0 Å². The number of thiazole rings is 1. The first-order chi connectivity index (χ1) is 14.2. The minimum Gasteiger partial charge on any atom is -0.300 e. The number of carbonyl (C=O) groups excluding carboxylic acids is 1. The summed E-state index contributed by atoms with van der Waals surface area (Å²) < 4.78 is 0. The first kappa shape index (κ1) is 21.0. The Morgan fingerprint density at radius 2 is 1.76 bits per heavy atom. The molecule has 0 saturated heterocycles. The van der Waals surface area contributed by atoms with E-state index in [9.17, 15) is 4.79 Å². The van der Waals surface area contributed by atoms with Gasteiger partial charge in [0.2, 0.25) is 0 Å². The fourth-order valence-corrected chi connectivity index (χ4v) is 3.96. The molecule has 1 amide bonds. The van der Waals surface area contributed by atoms with Crippen molar-refractivity contribution in [3.8, 4) is 11.3 Å². The molecular weight excluding hydrogens is 378 g/mol. The van der Waals surface area contributed by atoms with Crippen LogP contribution >= 0.6 is 11.3 Å². The number of amides is 1. The normalized spacial score (nSPS) is 10.9. The quantitative estimate of drug-likeness (QED) is 0.442. The van der Waals surface area contributed by atoms with Crippen LogP contribution in [0, 0.1) is 0 Å². The molecule has 2 aromatic carbocycles. The van der Waals surface area contributed by atoms with Gasteiger partial charge in [0.15, 0.2) is 5.13 Å². The number of hydrogen-bond donors (Lipinski definition) is 0. The first-order valence-electron chi connectivity index (χ1n) is 9.91. The molecule has 0 bridgehead atoms. The van der Waals surface area contributed by atoms with Gasteiger partial charge in [0.25, 0.3) is 5.91 Å².